The molecule has 1 aliphatic heterocycles. The van der Waals surface area contributed by atoms with Crippen molar-refractivity contribution in [2.75, 3.05) is 37.9 Å². The third-order valence-electron chi connectivity index (χ3n) is 4.68. The fourth-order valence-corrected chi connectivity index (χ4v) is 4.16. The van der Waals surface area contributed by atoms with Gasteiger partial charge >= 0.3 is 0 Å². The van der Waals surface area contributed by atoms with Crippen molar-refractivity contribution in [2.24, 2.45) is 5.92 Å². The smallest absolute Gasteiger partial charge is 0.213 e. The molecular weight excluding hydrogens is 435 g/mol. The molecule has 2 aromatic rings. The number of hydrogen-bond donors (Lipinski definition) is 1. The molecule has 12 heteroatoms. The molecule has 2 aromatic heterocycles. The Morgan fingerprint density at radius 3 is 2.52 bits per heavy atom. The maximum Gasteiger partial charge on any atom is 0.213 e. The van der Waals surface area contributed by atoms with Crippen LogP contribution in [0, 0.1) is 28.6 Å². The van der Waals surface area contributed by atoms with Crippen LogP contribution in [0.15, 0.2) is 23.4 Å². The number of pyridine rings is 2. The van der Waals surface area contributed by atoms with Crippen LogP contribution in [0.25, 0.3) is 11.1 Å². The summed E-state index contributed by atoms with van der Waals surface area (Å²) in [6.45, 7) is 3.24. The van der Waals surface area contributed by atoms with Gasteiger partial charge < -0.3 is 19.5 Å². The number of rotatable bonds is 10. The minimum absolute atomic E-state index is 0.122. The van der Waals surface area contributed by atoms with Crippen LogP contribution in [0.3, 0.4) is 0 Å². The fourth-order valence-electron chi connectivity index (χ4n) is 3.13. The Morgan fingerprint density at radius 1 is 1.27 bits per heavy atom. The number of anilines is 1. The van der Waals surface area contributed by atoms with E-state index in [0.29, 0.717) is 52.5 Å². The topological polar surface area (TPSA) is 113 Å². The summed E-state index contributed by atoms with van der Waals surface area (Å²) in [5, 5.41) is 21.5. The van der Waals surface area contributed by atoms with E-state index in [-0.39, 0.29) is 12.2 Å². The van der Waals surface area contributed by atoms with Crippen molar-refractivity contribution in [1.29, 1.82) is 10.5 Å². The zero-order valence-electron chi connectivity index (χ0n) is 18.4. The van der Waals surface area contributed by atoms with Crippen LogP contribution >= 0.6 is 11.8 Å². The van der Waals surface area contributed by atoms with E-state index in [1.54, 1.807) is 32.3 Å². The monoisotopic (exact) mass is 455 g/mol. The average Bonchev–Trinajstić information content (AvgIpc) is 2.74. The molecule has 1 aliphatic rings. The second-order valence-electron chi connectivity index (χ2n) is 7.56. The molecule has 0 aromatic carbocycles. The highest BCUT2D eigenvalue weighted by Crippen LogP contribution is 2.37. The molecule has 0 bridgehead atoms. The lowest BCUT2D eigenvalue weighted by Crippen LogP contribution is -2.39. The summed E-state index contributed by atoms with van der Waals surface area (Å²) in [6, 6.07) is 7.76. The van der Waals surface area contributed by atoms with Gasteiger partial charge in [0.15, 0.2) is 0 Å². The van der Waals surface area contributed by atoms with Gasteiger partial charge in [0.1, 0.15) is 35.2 Å². The Bertz CT molecular complexity index is 1060. The summed E-state index contributed by atoms with van der Waals surface area (Å²) in [5.74, 6) is 1.93. The van der Waals surface area contributed by atoms with E-state index in [1.807, 2.05) is 0 Å². The molecule has 1 atom stereocenters. The lowest BCUT2D eigenvalue weighted by molar-refractivity contribution is -0.0196. The largest absolute Gasteiger partial charge is 0.475 e. The maximum atomic E-state index is 9.93. The predicted molar refractivity (Wildman–Crippen MR) is 128 cm³/mol. The predicted octanol–water partition coefficient (Wildman–Crippen LogP) is 1.57. The second-order valence-corrected chi connectivity index (χ2v) is 8.57. The molecule has 1 unspecified atom stereocenters. The molecule has 162 valence electrons. The maximum absolute atomic E-state index is 9.93. The lowest BCUT2D eigenvalue weighted by atomic mass is 9.52. The molecule has 3 rings (SSSR count). The number of nitrogens with one attached hydrogen (secondary N) is 1. The fraction of sp³-hybridized carbons (Fsp3) is 0.429. The number of hydrogen-bond acceptors (Lipinski definition) is 9. The SMILES string of the molecule is [B]C([B])([B])OC(C)COc1ccc(-c2c(C#N)c(NC)nc(SCC3COC3)c2C#N)cn1. The van der Waals surface area contributed by atoms with E-state index in [1.165, 1.54) is 11.8 Å². The summed E-state index contributed by atoms with van der Waals surface area (Å²) in [7, 11) is 17.9. The molecular formula is C21H20B3N5O3S. The van der Waals surface area contributed by atoms with Gasteiger partial charge in [-0.2, -0.15) is 10.5 Å². The van der Waals surface area contributed by atoms with Gasteiger partial charge in [-0.15, -0.1) is 11.8 Å². The first-order valence-corrected chi connectivity index (χ1v) is 11.1. The van der Waals surface area contributed by atoms with Crippen molar-refractivity contribution < 1.29 is 14.2 Å². The number of aromatic nitrogens is 2. The second kappa shape index (κ2) is 11.0. The summed E-state index contributed by atoms with van der Waals surface area (Å²) in [4.78, 5) is 8.82. The Morgan fingerprint density at radius 2 is 2.00 bits per heavy atom. The van der Waals surface area contributed by atoms with E-state index < -0.39 is 11.4 Å². The van der Waals surface area contributed by atoms with Gasteiger partial charge in [-0.1, -0.05) is 0 Å². The molecule has 1 fully saturated rings. The van der Waals surface area contributed by atoms with Crippen molar-refractivity contribution in [1.82, 2.24) is 9.97 Å². The molecule has 33 heavy (non-hydrogen) atoms. The number of ether oxygens (including phenoxy) is 3. The number of nitrogens with zero attached hydrogens (tertiary/aromatic N) is 4. The number of nitriles is 2. The molecule has 0 spiro atoms. The first-order valence-electron chi connectivity index (χ1n) is 10.2. The molecule has 0 amide bonds. The number of thioether (sulfide) groups is 1. The van der Waals surface area contributed by atoms with Crippen LogP contribution in [0.2, 0.25) is 0 Å². The Kier molecular flexibility index (Phi) is 8.31. The third kappa shape index (κ3) is 6.45. The van der Waals surface area contributed by atoms with Gasteiger partial charge in [-0.05, 0) is 18.3 Å². The van der Waals surface area contributed by atoms with Gasteiger partial charge in [0.2, 0.25) is 5.88 Å². The molecule has 1 N–H and O–H groups in total. The van der Waals surface area contributed by atoms with E-state index >= 15 is 0 Å². The summed E-state index contributed by atoms with van der Waals surface area (Å²) in [5.41, 5.74) is 1.67. The van der Waals surface area contributed by atoms with E-state index in [4.69, 9.17) is 37.7 Å². The highest BCUT2D eigenvalue weighted by atomic mass is 32.2. The zero-order valence-corrected chi connectivity index (χ0v) is 19.2. The van der Waals surface area contributed by atoms with E-state index in [2.05, 4.69) is 27.4 Å². The normalized spacial score (nSPS) is 14.5. The van der Waals surface area contributed by atoms with Gasteiger partial charge in [0.25, 0.3) is 0 Å². The standard InChI is InChI=1S/C21H20B3N5O3S/c1-12(32-21(22,23)24)8-31-17-4-3-14(7-28-17)18-15(5-25)19(27-2)29-20(16(18)6-26)33-11-13-9-30-10-13/h3-4,7,12-13H,8-11H2,1-2H3,(H,27,29). The minimum Gasteiger partial charge on any atom is -0.475 e. The highest BCUT2D eigenvalue weighted by molar-refractivity contribution is 7.99. The quantitative estimate of drug-likeness (QED) is 0.422. The van der Waals surface area contributed by atoms with Gasteiger partial charge in [-0.3, -0.25) is 0 Å². The van der Waals surface area contributed by atoms with Crippen LogP contribution in [0.5, 0.6) is 5.88 Å². The Balaban J connectivity index is 1.87. The van der Waals surface area contributed by atoms with Gasteiger partial charge in [0.05, 0.1) is 48.4 Å². The van der Waals surface area contributed by atoms with Crippen molar-refractivity contribution in [3.63, 3.8) is 0 Å². The van der Waals surface area contributed by atoms with Crippen molar-refractivity contribution >= 4 is 41.1 Å². The third-order valence-corrected chi connectivity index (χ3v) is 5.89. The van der Waals surface area contributed by atoms with Crippen LogP contribution in [-0.2, 0) is 9.47 Å². The molecule has 6 radical (unpaired) electrons. The summed E-state index contributed by atoms with van der Waals surface area (Å²) >= 11 is 1.48. The molecule has 8 nitrogen and oxygen atoms in total. The van der Waals surface area contributed by atoms with Crippen LogP contribution in [0.1, 0.15) is 18.1 Å². The zero-order chi connectivity index (χ0) is 24.0. The van der Waals surface area contributed by atoms with Crippen molar-refractivity contribution in [3.8, 4) is 29.1 Å². The molecule has 3 heterocycles. The van der Waals surface area contributed by atoms with E-state index in [0.717, 1.165) is 5.75 Å². The van der Waals surface area contributed by atoms with Gasteiger partial charge in [0, 0.05) is 42.1 Å². The van der Waals surface area contributed by atoms with Crippen LogP contribution < -0.4 is 10.1 Å². The Hall–Kier alpha value is -2.66. The molecule has 0 saturated carbocycles. The average molecular weight is 455 g/mol. The Labute approximate surface area is 201 Å². The van der Waals surface area contributed by atoms with E-state index in [9.17, 15) is 10.5 Å². The van der Waals surface area contributed by atoms with Crippen LogP contribution in [0.4, 0.5) is 5.82 Å². The van der Waals surface area contributed by atoms with Crippen LogP contribution in [-0.4, -0.2) is 77.5 Å². The molecule has 1 saturated heterocycles. The van der Waals surface area contributed by atoms with Crippen molar-refractivity contribution in [3.05, 3.63) is 29.5 Å². The summed E-state index contributed by atoms with van der Waals surface area (Å²) < 4.78 is 16.0. The first-order chi connectivity index (χ1) is 15.8. The van der Waals surface area contributed by atoms with Gasteiger partial charge in [-0.25, -0.2) is 9.97 Å². The molecule has 0 aliphatic carbocycles. The summed E-state index contributed by atoms with van der Waals surface area (Å²) in [6.07, 6.45) is 1.07. The lowest BCUT2D eigenvalue weighted by Gasteiger charge is -2.26. The highest BCUT2D eigenvalue weighted by Gasteiger charge is 2.24. The minimum atomic E-state index is -1.75. The first kappa shape index (κ1) is 25.0. The van der Waals surface area contributed by atoms with Crippen molar-refractivity contribution in [2.45, 2.75) is 23.4 Å².